The zero-order valence-corrected chi connectivity index (χ0v) is 11.4. The summed E-state index contributed by atoms with van der Waals surface area (Å²) in [6.07, 6.45) is 3.03. The van der Waals surface area contributed by atoms with Gasteiger partial charge in [0.05, 0.1) is 0 Å². The number of nitrogens with one attached hydrogen (secondary N) is 1. The molecular formula is C14H22N2O3. The lowest BCUT2D eigenvalue weighted by Crippen LogP contribution is -2.29. The minimum Gasteiger partial charge on any atom is -0.484 e. The Balaban J connectivity index is 2.06. The number of amides is 1. The Labute approximate surface area is 114 Å². The van der Waals surface area contributed by atoms with E-state index in [1.165, 1.54) is 0 Å². The van der Waals surface area contributed by atoms with Crippen LogP contribution in [0.1, 0.15) is 19.3 Å². The van der Waals surface area contributed by atoms with E-state index in [2.05, 4.69) is 5.32 Å². The average Bonchev–Trinajstić information content (AvgIpc) is 2.42. The number of ether oxygens (including phenoxy) is 2. The van der Waals surface area contributed by atoms with Crippen molar-refractivity contribution >= 4 is 11.6 Å². The molecule has 0 saturated carbocycles. The van der Waals surface area contributed by atoms with E-state index < -0.39 is 0 Å². The highest BCUT2D eigenvalue weighted by atomic mass is 16.5. The van der Waals surface area contributed by atoms with E-state index in [9.17, 15) is 4.79 Å². The predicted molar refractivity (Wildman–Crippen MR) is 75.1 cm³/mol. The zero-order valence-electron chi connectivity index (χ0n) is 11.4. The normalized spacial score (nSPS) is 10.2. The quantitative estimate of drug-likeness (QED) is 0.526. The summed E-state index contributed by atoms with van der Waals surface area (Å²) in [6.45, 7) is 1.48. The summed E-state index contributed by atoms with van der Waals surface area (Å²) in [6, 6.07) is 6.97. The van der Waals surface area contributed by atoms with Crippen molar-refractivity contribution in [1.82, 2.24) is 5.32 Å². The third-order valence-corrected chi connectivity index (χ3v) is 2.60. The molecule has 106 valence electrons. The first kappa shape index (κ1) is 15.3. The molecule has 0 aliphatic carbocycles. The van der Waals surface area contributed by atoms with Crippen LogP contribution in [0.15, 0.2) is 24.3 Å². The lowest BCUT2D eigenvalue weighted by atomic mass is 10.2. The smallest absolute Gasteiger partial charge is 0.257 e. The standard InChI is InChI=1S/C14H22N2O3/c1-18-10-4-2-3-9-16-14(17)11-19-13-7-5-12(15)6-8-13/h5-8H,2-4,9-11,15H2,1H3,(H,16,17). The van der Waals surface area contributed by atoms with Crippen LogP contribution in [0.25, 0.3) is 0 Å². The van der Waals surface area contributed by atoms with E-state index in [4.69, 9.17) is 15.2 Å². The third-order valence-electron chi connectivity index (χ3n) is 2.60. The maximum atomic E-state index is 11.5. The van der Waals surface area contributed by atoms with Gasteiger partial charge in [0.15, 0.2) is 6.61 Å². The highest BCUT2D eigenvalue weighted by Gasteiger charge is 2.01. The predicted octanol–water partition coefficient (Wildman–Crippen LogP) is 1.58. The van der Waals surface area contributed by atoms with Gasteiger partial charge in [-0.15, -0.1) is 0 Å². The Hall–Kier alpha value is -1.75. The molecule has 0 heterocycles. The molecule has 0 fully saturated rings. The lowest BCUT2D eigenvalue weighted by Gasteiger charge is -2.07. The first-order valence-corrected chi connectivity index (χ1v) is 6.46. The van der Waals surface area contributed by atoms with Crippen molar-refractivity contribution in [2.45, 2.75) is 19.3 Å². The van der Waals surface area contributed by atoms with Crippen LogP contribution in [0.5, 0.6) is 5.75 Å². The molecular weight excluding hydrogens is 244 g/mol. The van der Waals surface area contributed by atoms with E-state index in [1.54, 1.807) is 31.4 Å². The van der Waals surface area contributed by atoms with E-state index >= 15 is 0 Å². The fourth-order valence-electron chi connectivity index (χ4n) is 1.54. The second kappa shape index (κ2) is 9.22. The van der Waals surface area contributed by atoms with Crippen molar-refractivity contribution in [3.05, 3.63) is 24.3 Å². The molecule has 0 aliphatic heterocycles. The van der Waals surface area contributed by atoms with Crippen molar-refractivity contribution in [3.8, 4) is 5.75 Å². The summed E-state index contributed by atoms with van der Waals surface area (Å²) in [5, 5.41) is 2.81. The van der Waals surface area contributed by atoms with Crippen LogP contribution in [0.2, 0.25) is 0 Å². The molecule has 0 spiro atoms. The molecule has 5 heteroatoms. The minimum absolute atomic E-state index is 0.0298. The van der Waals surface area contributed by atoms with Gasteiger partial charge in [0.25, 0.3) is 5.91 Å². The number of carbonyl (C=O) groups is 1. The molecule has 0 radical (unpaired) electrons. The lowest BCUT2D eigenvalue weighted by molar-refractivity contribution is -0.123. The summed E-state index contributed by atoms with van der Waals surface area (Å²) in [7, 11) is 1.69. The van der Waals surface area contributed by atoms with E-state index in [0.717, 1.165) is 25.9 Å². The molecule has 5 nitrogen and oxygen atoms in total. The SMILES string of the molecule is COCCCCCNC(=O)COc1ccc(N)cc1. The van der Waals surface area contributed by atoms with Gasteiger partial charge in [0.1, 0.15) is 5.75 Å². The first-order chi connectivity index (χ1) is 9.22. The molecule has 0 saturated heterocycles. The number of rotatable bonds is 9. The van der Waals surface area contributed by atoms with Crippen LogP contribution in [-0.4, -0.2) is 32.8 Å². The minimum atomic E-state index is -0.108. The van der Waals surface area contributed by atoms with Crippen LogP contribution < -0.4 is 15.8 Å². The Morgan fingerprint density at radius 1 is 1.21 bits per heavy atom. The Morgan fingerprint density at radius 3 is 2.63 bits per heavy atom. The average molecular weight is 266 g/mol. The van der Waals surface area contributed by atoms with Gasteiger partial charge in [-0.05, 0) is 43.5 Å². The topological polar surface area (TPSA) is 73.6 Å². The molecule has 0 unspecified atom stereocenters. The largest absolute Gasteiger partial charge is 0.484 e. The molecule has 1 rings (SSSR count). The maximum Gasteiger partial charge on any atom is 0.257 e. The zero-order chi connectivity index (χ0) is 13.9. The second-order valence-electron chi connectivity index (χ2n) is 4.26. The molecule has 19 heavy (non-hydrogen) atoms. The second-order valence-corrected chi connectivity index (χ2v) is 4.26. The highest BCUT2D eigenvalue weighted by Crippen LogP contribution is 2.12. The molecule has 3 N–H and O–H groups in total. The summed E-state index contributed by atoms with van der Waals surface area (Å²) < 4.78 is 10.3. The van der Waals surface area contributed by atoms with Gasteiger partial charge in [0.2, 0.25) is 0 Å². The third kappa shape index (κ3) is 7.31. The molecule has 0 atom stereocenters. The number of methoxy groups -OCH3 is 1. The number of hydrogen-bond donors (Lipinski definition) is 2. The van der Waals surface area contributed by atoms with Gasteiger partial charge >= 0.3 is 0 Å². The first-order valence-electron chi connectivity index (χ1n) is 6.46. The Morgan fingerprint density at radius 2 is 1.95 bits per heavy atom. The number of anilines is 1. The fraction of sp³-hybridized carbons (Fsp3) is 0.500. The van der Waals surface area contributed by atoms with Gasteiger partial charge in [0, 0.05) is 25.9 Å². The summed E-state index contributed by atoms with van der Waals surface area (Å²) in [4.78, 5) is 11.5. The van der Waals surface area contributed by atoms with Crippen LogP contribution in [0.4, 0.5) is 5.69 Å². The number of benzene rings is 1. The maximum absolute atomic E-state index is 11.5. The summed E-state index contributed by atoms with van der Waals surface area (Å²) in [5.41, 5.74) is 6.23. The van der Waals surface area contributed by atoms with Crippen LogP contribution in [-0.2, 0) is 9.53 Å². The molecule has 1 aromatic carbocycles. The van der Waals surface area contributed by atoms with Crippen molar-refractivity contribution in [3.63, 3.8) is 0 Å². The van der Waals surface area contributed by atoms with Crippen molar-refractivity contribution < 1.29 is 14.3 Å². The monoisotopic (exact) mass is 266 g/mol. The van der Waals surface area contributed by atoms with Gasteiger partial charge < -0.3 is 20.5 Å². The molecule has 1 aromatic rings. The Bertz CT molecular complexity index is 365. The number of unbranched alkanes of at least 4 members (excludes halogenated alkanes) is 2. The van der Waals surface area contributed by atoms with Crippen molar-refractivity contribution in [2.24, 2.45) is 0 Å². The fourth-order valence-corrected chi connectivity index (χ4v) is 1.54. The van der Waals surface area contributed by atoms with Gasteiger partial charge in [-0.2, -0.15) is 0 Å². The van der Waals surface area contributed by atoms with Gasteiger partial charge in [-0.25, -0.2) is 0 Å². The van der Waals surface area contributed by atoms with Gasteiger partial charge in [-0.3, -0.25) is 4.79 Å². The molecule has 1 amide bonds. The number of hydrogen-bond acceptors (Lipinski definition) is 4. The summed E-state index contributed by atoms with van der Waals surface area (Å²) in [5.74, 6) is 0.535. The van der Waals surface area contributed by atoms with E-state index in [1.807, 2.05) is 0 Å². The van der Waals surface area contributed by atoms with Gasteiger partial charge in [-0.1, -0.05) is 0 Å². The van der Waals surface area contributed by atoms with Crippen molar-refractivity contribution in [2.75, 3.05) is 32.6 Å². The Kier molecular flexibility index (Phi) is 7.43. The van der Waals surface area contributed by atoms with Crippen LogP contribution in [0, 0.1) is 0 Å². The molecule has 0 aliphatic rings. The van der Waals surface area contributed by atoms with Crippen LogP contribution >= 0.6 is 0 Å². The highest BCUT2D eigenvalue weighted by molar-refractivity contribution is 5.77. The number of carbonyl (C=O) groups excluding carboxylic acids is 1. The molecule has 0 bridgehead atoms. The number of nitrogen functional groups attached to an aromatic ring is 1. The van der Waals surface area contributed by atoms with Crippen molar-refractivity contribution in [1.29, 1.82) is 0 Å². The van der Waals surface area contributed by atoms with Crippen LogP contribution in [0.3, 0.4) is 0 Å². The molecule has 0 aromatic heterocycles. The van der Waals surface area contributed by atoms with E-state index in [0.29, 0.717) is 18.0 Å². The summed E-state index contributed by atoms with van der Waals surface area (Å²) >= 11 is 0. The van der Waals surface area contributed by atoms with E-state index in [-0.39, 0.29) is 12.5 Å². The number of nitrogens with two attached hydrogens (primary N) is 1.